The van der Waals surface area contributed by atoms with Gasteiger partial charge in [0.25, 0.3) is 0 Å². The van der Waals surface area contributed by atoms with Gasteiger partial charge in [-0.1, -0.05) is 30.3 Å². The molecule has 0 bridgehead atoms. The Balaban J connectivity index is 2.17. The molecule has 1 atom stereocenters. The minimum atomic E-state index is -0.939. The van der Waals surface area contributed by atoms with Crippen LogP contribution in [0.1, 0.15) is 25.6 Å². The van der Waals surface area contributed by atoms with E-state index in [9.17, 15) is 14.9 Å². The lowest BCUT2D eigenvalue weighted by Crippen LogP contribution is -2.53. The van der Waals surface area contributed by atoms with Crippen molar-refractivity contribution in [2.24, 2.45) is 0 Å². The first-order valence-corrected chi connectivity index (χ1v) is 8.20. The molecule has 1 aromatic heterocycles. The van der Waals surface area contributed by atoms with Crippen LogP contribution in [0.25, 0.3) is 11.1 Å². The van der Waals surface area contributed by atoms with Gasteiger partial charge in [0.05, 0.1) is 17.9 Å². The van der Waals surface area contributed by atoms with Gasteiger partial charge < -0.3 is 15.1 Å². The molecule has 7 heteroatoms. The Bertz CT molecular complexity index is 908. The number of nitriles is 1. The number of hydrogen-bond donors (Lipinski definition) is 2. The van der Waals surface area contributed by atoms with Crippen LogP contribution in [-0.4, -0.2) is 23.5 Å². The number of amides is 4. The molecule has 26 heavy (non-hydrogen) atoms. The fraction of sp³-hybridized carbons (Fsp3) is 0.211. The minimum Gasteiger partial charge on any atom is -0.466 e. The van der Waals surface area contributed by atoms with Gasteiger partial charge in [-0.15, -0.1) is 0 Å². The Morgan fingerprint density at radius 1 is 1.35 bits per heavy atom. The minimum absolute atomic E-state index is 0.253. The molecule has 1 unspecified atom stereocenters. The van der Waals surface area contributed by atoms with Crippen LogP contribution in [0.4, 0.5) is 9.59 Å². The molecule has 132 valence electrons. The summed E-state index contributed by atoms with van der Waals surface area (Å²) in [6, 6.07) is 11.2. The summed E-state index contributed by atoms with van der Waals surface area (Å²) in [5.74, 6) is 0.369. The molecule has 7 nitrogen and oxygen atoms in total. The molecule has 0 spiro atoms. The Kier molecular flexibility index (Phi) is 4.76. The third-order valence-corrected chi connectivity index (χ3v) is 4.14. The van der Waals surface area contributed by atoms with Gasteiger partial charge in [0.15, 0.2) is 0 Å². The Labute approximate surface area is 150 Å². The quantitative estimate of drug-likeness (QED) is 0.884. The van der Waals surface area contributed by atoms with Gasteiger partial charge in [0, 0.05) is 17.8 Å². The maximum Gasteiger partial charge on any atom is 0.330 e. The molecule has 1 aromatic carbocycles. The topological polar surface area (TPSA) is 98.4 Å². The summed E-state index contributed by atoms with van der Waals surface area (Å²) in [5.41, 5.74) is 2.25. The predicted octanol–water partition coefficient (Wildman–Crippen LogP) is 3.54. The van der Waals surface area contributed by atoms with E-state index in [-0.39, 0.29) is 5.57 Å². The molecule has 0 radical (unpaired) electrons. The van der Waals surface area contributed by atoms with Gasteiger partial charge >= 0.3 is 12.1 Å². The number of carbonyl (C=O) groups is 2. The third-order valence-electron chi connectivity index (χ3n) is 4.14. The van der Waals surface area contributed by atoms with Crippen LogP contribution in [0, 0.1) is 11.3 Å². The van der Waals surface area contributed by atoms with E-state index >= 15 is 0 Å². The Morgan fingerprint density at radius 2 is 2.08 bits per heavy atom. The SMILES string of the molecule is CCNC(=O)N1C(=O)NC(C)=C(C#N)C1c1occc1-c1ccccc1. The van der Waals surface area contributed by atoms with Crippen LogP contribution in [0.3, 0.4) is 0 Å². The van der Waals surface area contributed by atoms with Gasteiger partial charge in [-0.05, 0) is 25.5 Å². The van der Waals surface area contributed by atoms with E-state index in [0.29, 0.717) is 18.0 Å². The number of allylic oxidation sites excluding steroid dienone is 1. The molecule has 4 amide bonds. The number of hydrogen-bond acceptors (Lipinski definition) is 4. The number of nitrogens with one attached hydrogen (secondary N) is 2. The number of carbonyl (C=O) groups excluding carboxylic acids is 2. The molecule has 1 aliphatic heterocycles. The molecule has 0 saturated carbocycles. The number of nitrogens with zero attached hydrogens (tertiary/aromatic N) is 2. The standard InChI is InChI=1S/C19H18N4O3/c1-3-21-18(24)23-16(15(11-20)12(2)22-19(23)25)17-14(9-10-26-17)13-7-5-4-6-8-13/h4-10,16H,3H2,1-2H3,(H,21,24)(H,22,25). The smallest absolute Gasteiger partial charge is 0.330 e. The molecule has 2 heterocycles. The number of rotatable bonds is 3. The molecule has 0 saturated heterocycles. The van der Waals surface area contributed by atoms with E-state index in [1.165, 1.54) is 6.26 Å². The molecule has 3 rings (SSSR count). The molecular formula is C19H18N4O3. The van der Waals surface area contributed by atoms with Crippen LogP contribution in [0.2, 0.25) is 0 Å². The maximum absolute atomic E-state index is 12.5. The lowest BCUT2D eigenvalue weighted by Gasteiger charge is -2.33. The van der Waals surface area contributed by atoms with Crippen molar-refractivity contribution in [2.75, 3.05) is 6.54 Å². The zero-order valence-electron chi connectivity index (χ0n) is 14.4. The highest BCUT2D eigenvalue weighted by molar-refractivity contribution is 5.96. The van der Waals surface area contributed by atoms with E-state index in [1.807, 2.05) is 30.3 Å². The summed E-state index contributed by atoms with van der Waals surface area (Å²) in [6.07, 6.45) is 1.49. The molecule has 2 N–H and O–H groups in total. The van der Waals surface area contributed by atoms with Crippen LogP contribution >= 0.6 is 0 Å². The maximum atomic E-state index is 12.5. The van der Waals surface area contributed by atoms with E-state index in [4.69, 9.17) is 4.42 Å². The van der Waals surface area contributed by atoms with Crippen molar-refractivity contribution in [2.45, 2.75) is 19.9 Å². The van der Waals surface area contributed by atoms with Crippen molar-refractivity contribution in [3.8, 4) is 17.2 Å². The highest BCUT2D eigenvalue weighted by Gasteiger charge is 2.41. The summed E-state index contributed by atoms with van der Waals surface area (Å²) < 4.78 is 5.66. The Morgan fingerprint density at radius 3 is 2.73 bits per heavy atom. The molecule has 2 aromatic rings. The van der Waals surface area contributed by atoms with Gasteiger partial charge in [0.1, 0.15) is 11.8 Å². The zero-order valence-corrected chi connectivity index (χ0v) is 14.4. The lowest BCUT2D eigenvalue weighted by atomic mass is 9.95. The molecular weight excluding hydrogens is 332 g/mol. The molecule has 0 aliphatic carbocycles. The van der Waals surface area contributed by atoms with Gasteiger partial charge in [-0.25, -0.2) is 14.5 Å². The lowest BCUT2D eigenvalue weighted by molar-refractivity contribution is 0.168. The number of urea groups is 2. The van der Waals surface area contributed by atoms with E-state index in [2.05, 4.69) is 16.7 Å². The van der Waals surface area contributed by atoms with Crippen LogP contribution in [-0.2, 0) is 0 Å². The zero-order chi connectivity index (χ0) is 18.7. The van der Waals surface area contributed by atoms with Crippen molar-refractivity contribution in [1.82, 2.24) is 15.5 Å². The first-order valence-electron chi connectivity index (χ1n) is 8.20. The van der Waals surface area contributed by atoms with E-state index in [1.54, 1.807) is 19.9 Å². The molecule has 0 fully saturated rings. The fourth-order valence-corrected chi connectivity index (χ4v) is 2.97. The average molecular weight is 350 g/mol. The summed E-state index contributed by atoms with van der Waals surface area (Å²) in [7, 11) is 0. The number of furan rings is 1. The second-order valence-electron chi connectivity index (χ2n) is 5.75. The largest absolute Gasteiger partial charge is 0.466 e. The van der Waals surface area contributed by atoms with Gasteiger partial charge in [-0.2, -0.15) is 5.26 Å². The van der Waals surface area contributed by atoms with Crippen molar-refractivity contribution >= 4 is 12.1 Å². The average Bonchev–Trinajstić information content (AvgIpc) is 3.11. The number of imide groups is 1. The first-order chi connectivity index (χ1) is 12.6. The summed E-state index contributed by atoms with van der Waals surface area (Å²) in [4.78, 5) is 26.0. The first kappa shape index (κ1) is 17.3. The predicted molar refractivity (Wildman–Crippen MR) is 94.6 cm³/mol. The van der Waals surface area contributed by atoms with Crippen molar-refractivity contribution in [1.29, 1.82) is 5.26 Å². The van der Waals surface area contributed by atoms with Crippen LogP contribution in [0.5, 0.6) is 0 Å². The van der Waals surface area contributed by atoms with Crippen molar-refractivity contribution in [3.63, 3.8) is 0 Å². The highest BCUT2D eigenvalue weighted by atomic mass is 16.3. The third kappa shape index (κ3) is 2.93. The van der Waals surface area contributed by atoms with Crippen molar-refractivity contribution < 1.29 is 14.0 Å². The van der Waals surface area contributed by atoms with Gasteiger partial charge in [0.2, 0.25) is 0 Å². The highest BCUT2D eigenvalue weighted by Crippen LogP contribution is 2.39. The summed E-state index contributed by atoms with van der Waals surface area (Å²) in [6.45, 7) is 3.73. The van der Waals surface area contributed by atoms with E-state index in [0.717, 1.165) is 16.0 Å². The van der Waals surface area contributed by atoms with Gasteiger partial charge in [-0.3, -0.25) is 0 Å². The van der Waals surface area contributed by atoms with Crippen molar-refractivity contribution in [3.05, 3.63) is 59.7 Å². The van der Waals surface area contributed by atoms with E-state index < -0.39 is 18.1 Å². The second-order valence-corrected chi connectivity index (χ2v) is 5.75. The second kappa shape index (κ2) is 7.15. The monoisotopic (exact) mass is 350 g/mol. The summed E-state index contributed by atoms with van der Waals surface area (Å²) >= 11 is 0. The fourth-order valence-electron chi connectivity index (χ4n) is 2.97. The normalized spacial score (nSPS) is 16.9. The van der Waals surface area contributed by atoms with Crippen LogP contribution in [0.15, 0.2) is 58.3 Å². The summed E-state index contributed by atoms with van der Waals surface area (Å²) in [5, 5.41) is 14.8. The number of benzene rings is 1. The molecule has 1 aliphatic rings. The van der Waals surface area contributed by atoms with Crippen LogP contribution < -0.4 is 10.6 Å². The Hall–Kier alpha value is -3.53.